The lowest BCUT2D eigenvalue weighted by atomic mass is 10.0. The van der Waals surface area contributed by atoms with Gasteiger partial charge in [-0.05, 0) is 12.8 Å². The number of hydrogen-bond acceptors (Lipinski definition) is 7. The molecule has 0 aromatic rings. The maximum atomic E-state index is 12.6. The molecule has 8 nitrogen and oxygen atoms in total. The van der Waals surface area contributed by atoms with Crippen LogP contribution in [0.15, 0.2) is 0 Å². The molecular formula is C50H102NO7P. The van der Waals surface area contributed by atoms with E-state index in [2.05, 4.69) is 13.8 Å². The Labute approximate surface area is 367 Å². The zero-order valence-electron chi connectivity index (χ0n) is 39.5. The summed E-state index contributed by atoms with van der Waals surface area (Å²) in [7, 11) is -4.27. The Morgan fingerprint density at radius 3 is 1.07 bits per heavy atom. The van der Waals surface area contributed by atoms with Crippen LogP contribution in [0.2, 0.25) is 0 Å². The second-order valence-electron chi connectivity index (χ2n) is 17.8. The Hall–Kier alpha value is -0.500. The second kappa shape index (κ2) is 48.5. The van der Waals surface area contributed by atoms with Crippen molar-refractivity contribution in [1.82, 2.24) is 0 Å². The summed E-state index contributed by atoms with van der Waals surface area (Å²) in [6.45, 7) is 5.01. The molecule has 0 aromatic heterocycles. The highest BCUT2D eigenvalue weighted by atomic mass is 31.2. The molecule has 0 amide bonds. The van der Waals surface area contributed by atoms with E-state index < -0.39 is 13.9 Å². The topological polar surface area (TPSA) is 117 Å². The molecule has 2 atom stereocenters. The largest absolute Gasteiger partial charge is 0.472 e. The van der Waals surface area contributed by atoms with Gasteiger partial charge in [-0.3, -0.25) is 13.8 Å². The Bertz CT molecular complexity index is 878. The first-order valence-corrected chi connectivity index (χ1v) is 27.5. The van der Waals surface area contributed by atoms with Gasteiger partial charge in [-0.2, -0.15) is 0 Å². The van der Waals surface area contributed by atoms with E-state index in [1.54, 1.807) is 0 Å². The highest BCUT2D eigenvalue weighted by molar-refractivity contribution is 7.47. The van der Waals surface area contributed by atoms with Gasteiger partial charge in [0.1, 0.15) is 6.10 Å². The van der Waals surface area contributed by atoms with E-state index in [9.17, 15) is 14.3 Å². The monoisotopic (exact) mass is 860 g/mol. The standard InChI is InChI=1S/C50H102NO7P/c1-3-5-7-9-11-13-15-17-19-21-22-23-24-25-26-27-28-30-32-34-36-38-40-42-45-55-47-49(48-57-59(53,54)56-46-44-51)58-50(52)43-41-39-37-35-33-31-29-20-18-16-14-12-10-8-6-4-2/h49H,3-48,51H2,1-2H3,(H,53,54). The van der Waals surface area contributed by atoms with E-state index in [4.69, 9.17) is 24.3 Å². The van der Waals surface area contributed by atoms with Crippen LogP contribution in [-0.2, 0) is 27.9 Å². The van der Waals surface area contributed by atoms with Gasteiger partial charge in [0.15, 0.2) is 0 Å². The smallest absolute Gasteiger partial charge is 0.457 e. The van der Waals surface area contributed by atoms with Crippen molar-refractivity contribution in [1.29, 1.82) is 0 Å². The van der Waals surface area contributed by atoms with E-state index >= 15 is 0 Å². The van der Waals surface area contributed by atoms with Gasteiger partial charge in [0, 0.05) is 19.6 Å². The molecule has 0 saturated heterocycles. The van der Waals surface area contributed by atoms with Crippen molar-refractivity contribution in [2.75, 3.05) is 33.0 Å². The van der Waals surface area contributed by atoms with E-state index in [0.29, 0.717) is 13.0 Å². The summed E-state index contributed by atoms with van der Waals surface area (Å²) < 4.78 is 33.6. The number of phosphoric ester groups is 1. The van der Waals surface area contributed by atoms with Crippen molar-refractivity contribution < 1.29 is 32.8 Å². The predicted molar refractivity (Wildman–Crippen MR) is 252 cm³/mol. The number of carbonyl (C=O) groups is 1. The zero-order valence-corrected chi connectivity index (χ0v) is 40.4. The van der Waals surface area contributed by atoms with E-state index in [0.717, 1.165) is 32.1 Å². The summed E-state index contributed by atoms with van der Waals surface area (Å²) in [6, 6.07) is 0. The van der Waals surface area contributed by atoms with Crippen LogP contribution in [0, 0.1) is 0 Å². The summed E-state index contributed by atoms with van der Waals surface area (Å²) >= 11 is 0. The zero-order chi connectivity index (χ0) is 43.0. The number of nitrogens with two attached hydrogens (primary N) is 1. The van der Waals surface area contributed by atoms with Crippen molar-refractivity contribution in [3.8, 4) is 0 Å². The van der Waals surface area contributed by atoms with E-state index in [-0.39, 0.29) is 32.3 Å². The number of rotatable bonds is 51. The summed E-state index contributed by atoms with van der Waals surface area (Å²) in [5, 5.41) is 0. The Kier molecular flexibility index (Phi) is 48.1. The molecule has 0 fully saturated rings. The number of ether oxygens (including phenoxy) is 2. The molecule has 0 bridgehead atoms. The summed E-state index contributed by atoms with van der Waals surface area (Å²) in [4.78, 5) is 22.6. The molecule has 59 heavy (non-hydrogen) atoms. The Morgan fingerprint density at radius 2 is 0.746 bits per heavy atom. The average molecular weight is 860 g/mol. The van der Waals surface area contributed by atoms with Crippen LogP contribution in [-0.4, -0.2) is 49.9 Å². The molecule has 0 radical (unpaired) electrons. The van der Waals surface area contributed by atoms with Gasteiger partial charge in [0.25, 0.3) is 0 Å². The van der Waals surface area contributed by atoms with Crippen molar-refractivity contribution in [3.05, 3.63) is 0 Å². The lowest BCUT2D eigenvalue weighted by Crippen LogP contribution is -2.28. The van der Waals surface area contributed by atoms with Crippen molar-refractivity contribution in [2.45, 2.75) is 283 Å². The lowest BCUT2D eigenvalue weighted by Gasteiger charge is -2.20. The number of carbonyl (C=O) groups excluding carboxylic acids is 1. The summed E-state index contributed by atoms with van der Waals surface area (Å²) in [6.07, 6.45) is 52.8. The van der Waals surface area contributed by atoms with Gasteiger partial charge in [-0.25, -0.2) is 4.57 Å². The molecule has 0 aliphatic heterocycles. The molecule has 0 heterocycles. The molecule has 0 rings (SSSR count). The number of hydrogen-bond donors (Lipinski definition) is 2. The predicted octanol–water partition coefficient (Wildman–Crippen LogP) is 16.0. The van der Waals surface area contributed by atoms with Crippen molar-refractivity contribution >= 4 is 13.8 Å². The van der Waals surface area contributed by atoms with Gasteiger partial charge in [-0.15, -0.1) is 0 Å². The molecular weight excluding hydrogens is 758 g/mol. The minimum atomic E-state index is -4.27. The number of unbranched alkanes of at least 4 members (excludes halogenated alkanes) is 38. The summed E-state index contributed by atoms with van der Waals surface area (Å²) in [5.74, 6) is -0.321. The lowest BCUT2D eigenvalue weighted by molar-refractivity contribution is -0.154. The fourth-order valence-electron chi connectivity index (χ4n) is 7.94. The number of phosphoric acid groups is 1. The fourth-order valence-corrected chi connectivity index (χ4v) is 8.71. The molecule has 9 heteroatoms. The third-order valence-electron chi connectivity index (χ3n) is 11.8. The third-order valence-corrected chi connectivity index (χ3v) is 12.8. The SMILES string of the molecule is CCCCCCCCCCCCCCCCCCCCCCCCCCOCC(COP(=O)(O)OCCN)OC(=O)CCCCCCCCCCCCCCCCCC. The maximum absolute atomic E-state index is 12.6. The molecule has 354 valence electrons. The molecule has 0 saturated carbocycles. The molecule has 3 N–H and O–H groups in total. The van der Waals surface area contributed by atoms with Gasteiger partial charge in [0.05, 0.1) is 19.8 Å². The minimum Gasteiger partial charge on any atom is -0.457 e. The maximum Gasteiger partial charge on any atom is 0.472 e. The fraction of sp³-hybridized carbons (Fsp3) is 0.980. The molecule has 0 aliphatic rings. The Morgan fingerprint density at radius 1 is 0.441 bits per heavy atom. The third kappa shape index (κ3) is 48.4. The molecule has 0 aromatic carbocycles. The normalized spacial score (nSPS) is 13.2. The molecule has 2 unspecified atom stereocenters. The van der Waals surface area contributed by atoms with Crippen LogP contribution < -0.4 is 5.73 Å². The molecule has 0 spiro atoms. The second-order valence-corrected chi connectivity index (χ2v) is 19.2. The van der Waals surface area contributed by atoms with Crippen LogP contribution in [0.25, 0.3) is 0 Å². The highest BCUT2D eigenvalue weighted by Crippen LogP contribution is 2.43. The van der Waals surface area contributed by atoms with Crippen molar-refractivity contribution in [3.63, 3.8) is 0 Å². The minimum absolute atomic E-state index is 0.0897. The van der Waals surface area contributed by atoms with Crippen molar-refractivity contribution in [2.24, 2.45) is 5.73 Å². The van der Waals surface area contributed by atoms with Gasteiger partial charge < -0.3 is 20.1 Å². The Balaban J connectivity index is 3.84. The van der Waals surface area contributed by atoms with E-state index in [1.807, 2.05) is 0 Å². The first-order valence-electron chi connectivity index (χ1n) is 26.0. The van der Waals surface area contributed by atoms with Crippen LogP contribution in [0.4, 0.5) is 0 Å². The highest BCUT2D eigenvalue weighted by Gasteiger charge is 2.25. The van der Waals surface area contributed by atoms with Gasteiger partial charge >= 0.3 is 13.8 Å². The van der Waals surface area contributed by atoms with Crippen LogP contribution in [0.3, 0.4) is 0 Å². The van der Waals surface area contributed by atoms with Crippen LogP contribution in [0.5, 0.6) is 0 Å². The summed E-state index contributed by atoms with van der Waals surface area (Å²) in [5.41, 5.74) is 5.39. The van der Waals surface area contributed by atoms with Crippen LogP contribution >= 0.6 is 7.82 Å². The van der Waals surface area contributed by atoms with E-state index in [1.165, 1.54) is 225 Å². The number of esters is 1. The quantitative estimate of drug-likeness (QED) is 0.0353. The first-order chi connectivity index (χ1) is 28.9. The van der Waals surface area contributed by atoms with Gasteiger partial charge in [0.2, 0.25) is 0 Å². The molecule has 0 aliphatic carbocycles. The average Bonchev–Trinajstić information content (AvgIpc) is 3.23. The van der Waals surface area contributed by atoms with Crippen LogP contribution in [0.1, 0.15) is 277 Å². The van der Waals surface area contributed by atoms with Gasteiger partial charge in [-0.1, -0.05) is 258 Å². The first kappa shape index (κ1) is 58.5.